The minimum Gasteiger partial charge on any atom is -0.477 e. The molecule has 0 saturated carbocycles. The second-order valence-corrected chi connectivity index (χ2v) is 5.32. The van der Waals surface area contributed by atoms with Crippen molar-refractivity contribution in [3.05, 3.63) is 55.6 Å². The Bertz CT molecular complexity index is 742. The van der Waals surface area contributed by atoms with Gasteiger partial charge in [0.2, 0.25) is 0 Å². The number of aromatic carboxylic acids is 1. The van der Waals surface area contributed by atoms with E-state index in [-0.39, 0.29) is 16.3 Å². The van der Waals surface area contributed by atoms with Gasteiger partial charge >= 0.3 is 16.8 Å². The Kier molecular flexibility index (Phi) is 4.23. The van der Waals surface area contributed by atoms with Crippen molar-refractivity contribution < 1.29 is 19.4 Å². The third-order valence-corrected chi connectivity index (χ3v) is 4.12. The van der Waals surface area contributed by atoms with Crippen LogP contribution < -0.4 is 4.87 Å². The van der Waals surface area contributed by atoms with Gasteiger partial charge in [-0.15, -0.1) is 0 Å². The van der Waals surface area contributed by atoms with E-state index >= 15 is 0 Å². The number of carboxylic acids is 1. The van der Waals surface area contributed by atoms with E-state index in [2.05, 4.69) is 4.74 Å². The Hall–Kier alpha value is -2.41. The summed E-state index contributed by atoms with van der Waals surface area (Å²) in [4.78, 5) is 33.9. The van der Waals surface area contributed by atoms with Crippen LogP contribution in [0.1, 0.15) is 31.3 Å². The van der Waals surface area contributed by atoms with E-state index in [1.54, 1.807) is 31.2 Å². The van der Waals surface area contributed by atoms with Crippen molar-refractivity contribution >= 4 is 23.3 Å². The highest BCUT2D eigenvalue weighted by Gasteiger charge is 2.16. The summed E-state index contributed by atoms with van der Waals surface area (Å²) in [6.45, 7) is 1.86. The molecule has 0 saturated heterocycles. The fraction of sp³-hybridized carbons (Fsp3) is 0.214. The Morgan fingerprint density at radius 3 is 2.38 bits per heavy atom. The fourth-order valence-corrected chi connectivity index (χ4v) is 2.74. The van der Waals surface area contributed by atoms with Crippen molar-refractivity contribution in [1.82, 2.24) is 4.57 Å². The number of esters is 1. The summed E-state index contributed by atoms with van der Waals surface area (Å²) in [5.41, 5.74) is 1.64. The number of hydrogen-bond donors (Lipinski definition) is 1. The third kappa shape index (κ3) is 3.03. The lowest BCUT2D eigenvalue weighted by molar-refractivity contribution is 0.0599. The first-order valence-electron chi connectivity index (χ1n) is 6.04. The summed E-state index contributed by atoms with van der Waals surface area (Å²) in [5.74, 6) is -1.53. The van der Waals surface area contributed by atoms with Gasteiger partial charge < -0.3 is 9.84 Å². The van der Waals surface area contributed by atoms with Crippen LogP contribution in [0.2, 0.25) is 0 Å². The summed E-state index contributed by atoms with van der Waals surface area (Å²) in [7, 11) is 1.30. The number of carboxylic acid groups (broad SMARTS) is 1. The van der Waals surface area contributed by atoms with E-state index in [4.69, 9.17) is 5.11 Å². The molecule has 0 spiro atoms. The van der Waals surface area contributed by atoms with Crippen LogP contribution in [0.3, 0.4) is 0 Å². The smallest absolute Gasteiger partial charge is 0.347 e. The van der Waals surface area contributed by atoms with E-state index in [0.717, 1.165) is 5.56 Å². The molecular formula is C14H13NO5S. The molecule has 0 bridgehead atoms. The normalized spacial score (nSPS) is 10.4. The molecule has 2 rings (SSSR count). The lowest BCUT2D eigenvalue weighted by Gasteiger charge is -2.06. The van der Waals surface area contributed by atoms with Gasteiger partial charge in [-0.2, -0.15) is 0 Å². The summed E-state index contributed by atoms with van der Waals surface area (Å²) < 4.78 is 6.01. The van der Waals surface area contributed by atoms with Crippen LogP contribution in [-0.4, -0.2) is 28.7 Å². The SMILES string of the molecule is COC(=O)c1ccc(Cn2c(C)c(C(=O)O)sc2=O)cc1. The predicted octanol–water partition coefficient (Wildman–Crippen LogP) is 1.75. The van der Waals surface area contributed by atoms with E-state index < -0.39 is 11.9 Å². The highest BCUT2D eigenvalue weighted by atomic mass is 32.1. The number of aromatic nitrogens is 1. The molecule has 0 amide bonds. The van der Waals surface area contributed by atoms with E-state index in [9.17, 15) is 14.4 Å². The average molecular weight is 307 g/mol. The topological polar surface area (TPSA) is 85.6 Å². The molecule has 1 aromatic heterocycles. The Morgan fingerprint density at radius 2 is 1.90 bits per heavy atom. The average Bonchev–Trinajstić information content (AvgIpc) is 2.75. The van der Waals surface area contributed by atoms with Crippen LogP contribution in [0.5, 0.6) is 0 Å². The first-order valence-corrected chi connectivity index (χ1v) is 6.86. The number of ether oxygens (including phenoxy) is 1. The number of carbonyl (C=O) groups is 2. The molecule has 6 nitrogen and oxygen atoms in total. The zero-order chi connectivity index (χ0) is 15.6. The summed E-state index contributed by atoms with van der Waals surface area (Å²) in [6.07, 6.45) is 0. The highest BCUT2D eigenvalue weighted by Crippen LogP contribution is 2.14. The standard InChI is InChI=1S/C14H13NO5S/c1-8-11(12(16)17)21-14(19)15(8)7-9-3-5-10(6-4-9)13(18)20-2/h3-6H,7H2,1-2H3,(H,16,17). The minimum atomic E-state index is -1.10. The van der Waals surface area contributed by atoms with Crippen LogP contribution in [-0.2, 0) is 11.3 Å². The molecule has 2 aromatic rings. The van der Waals surface area contributed by atoms with Crippen LogP contribution in [0.4, 0.5) is 0 Å². The molecule has 7 heteroatoms. The molecule has 1 heterocycles. The van der Waals surface area contributed by atoms with E-state index in [1.165, 1.54) is 11.7 Å². The molecule has 0 aliphatic heterocycles. The molecule has 1 aromatic carbocycles. The molecule has 0 atom stereocenters. The van der Waals surface area contributed by atoms with Crippen molar-refractivity contribution in [1.29, 1.82) is 0 Å². The van der Waals surface area contributed by atoms with Gasteiger partial charge in [-0.05, 0) is 24.6 Å². The third-order valence-electron chi connectivity index (χ3n) is 3.05. The number of rotatable bonds is 4. The van der Waals surface area contributed by atoms with Crippen LogP contribution in [0, 0.1) is 6.92 Å². The van der Waals surface area contributed by atoms with Gasteiger partial charge in [-0.25, -0.2) is 9.59 Å². The van der Waals surface area contributed by atoms with Gasteiger partial charge in [-0.1, -0.05) is 23.5 Å². The zero-order valence-electron chi connectivity index (χ0n) is 11.5. The van der Waals surface area contributed by atoms with Crippen LogP contribution in [0.15, 0.2) is 29.1 Å². The first kappa shape index (κ1) is 15.0. The molecule has 0 aliphatic rings. The van der Waals surface area contributed by atoms with E-state index in [0.29, 0.717) is 22.6 Å². The molecular weight excluding hydrogens is 294 g/mol. The number of hydrogen-bond acceptors (Lipinski definition) is 5. The molecule has 110 valence electrons. The maximum absolute atomic E-state index is 11.8. The molecule has 1 N–H and O–H groups in total. The van der Waals surface area contributed by atoms with Gasteiger partial charge in [0.15, 0.2) is 0 Å². The van der Waals surface area contributed by atoms with Crippen molar-refractivity contribution in [3.63, 3.8) is 0 Å². The molecule has 0 radical (unpaired) electrons. The molecule has 21 heavy (non-hydrogen) atoms. The Balaban J connectivity index is 2.29. The number of nitrogens with zero attached hydrogens (tertiary/aromatic N) is 1. The van der Waals surface area contributed by atoms with Gasteiger partial charge in [0.1, 0.15) is 4.88 Å². The van der Waals surface area contributed by atoms with Crippen molar-refractivity contribution in [2.45, 2.75) is 13.5 Å². The quantitative estimate of drug-likeness (QED) is 0.870. The van der Waals surface area contributed by atoms with Gasteiger partial charge in [0.05, 0.1) is 19.2 Å². The monoisotopic (exact) mass is 307 g/mol. The summed E-state index contributed by atoms with van der Waals surface area (Å²) in [5, 5.41) is 9.00. The first-order chi connectivity index (χ1) is 9.93. The van der Waals surface area contributed by atoms with Crippen molar-refractivity contribution in [3.8, 4) is 0 Å². The number of benzene rings is 1. The number of methoxy groups -OCH3 is 1. The van der Waals surface area contributed by atoms with E-state index in [1.807, 2.05) is 0 Å². The lowest BCUT2D eigenvalue weighted by Crippen LogP contribution is -2.15. The summed E-state index contributed by atoms with van der Waals surface area (Å²) in [6, 6.07) is 6.62. The second-order valence-electron chi connectivity index (χ2n) is 4.36. The minimum absolute atomic E-state index is 0.0474. The van der Waals surface area contributed by atoms with Crippen molar-refractivity contribution in [2.24, 2.45) is 0 Å². The van der Waals surface area contributed by atoms with Gasteiger partial charge in [-0.3, -0.25) is 9.36 Å². The zero-order valence-corrected chi connectivity index (χ0v) is 12.3. The van der Waals surface area contributed by atoms with Crippen LogP contribution >= 0.6 is 11.3 Å². The number of carbonyl (C=O) groups excluding carboxylic acids is 1. The fourth-order valence-electron chi connectivity index (χ4n) is 1.90. The Labute approximate surface area is 124 Å². The van der Waals surface area contributed by atoms with Gasteiger partial charge in [0, 0.05) is 5.69 Å². The Morgan fingerprint density at radius 1 is 1.29 bits per heavy atom. The highest BCUT2D eigenvalue weighted by molar-refractivity contribution is 7.11. The number of thiazole rings is 1. The molecule has 0 unspecified atom stereocenters. The molecule has 0 fully saturated rings. The van der Waals surface area contributed by atoms with Crippen molar-refractivity contribution in [2.75, 3.05) is 7.11 Å². The maximum Gasteiger partial charge on any atom is 0.347 e. The maximum atomic E-state index is 11.8. The largest absolute Gasteiger partial charge is 0.477 e. The summed E-state index contributed by atoms with van der Waals surface area (Å²) >= 11 is 0.714. The predicted molar refractivity (Wildman–Crippen MR) is 77.2 cm³/mol. The van der Waals surface area contributed by atoms with Gasteiger partial charge in [0.25, 0.3) is 0 Å². The second kappa shape index (κ2) is 5.92. The van der Waals surface area contributed by atoms with Crippen LogP contribution in [0.25, 0.3) is 0 Å². The lowest BCUT2D eigenvalue weighted by atomic mass is 10.1. The molecule has 0 aliphatic carbocycles.